The predicted octanol–water partition coefficient (Wildman–Crippen LogP) is 7.31. The second kappa shape index (κ2) is 14.5. The van der Waals surface area contributed by atoms with Crippen LogP contribution in [0.25, 0.3) is 0 Å². The lowest BCUT2D eigenvalue weighted by molar-refractivity contribution is 0.342. The van der Waals surface area contributed by atoms with Crippen molar-refractivity contribution in [2.45, 2.75) is 6.92 Å². The monoisotopic (exact) mass is 513 g/mol. The number of anilines is 3. The van der Waals surface area contributed by atoms with Crippen LogP contribution in [0.4, 0.5) is 17.1 Å². The summed E-state index contributed by atoms with van der Waals surface area (Å²) in [6, 6.07) is 27.3. The topological polar surface area (TPSA) is 106 Å². The quantitative estimate of drug-likeness (QED) is 0.241. The fraction of sp³-hybridized carbons (Fsp3) is 0.111. The van der Waals surface area contributed by atoms with Gasteiger partial charge in [0.1, 0.15) is 23.0 Å². The summed E-state index contributed by atoms with van der Waals surface area (Å²) in [5.41, 5.74) is 18.6. The highest BCUT2D eigenvalue weighted by Gasteiger charge is 1.99. The smallest absolute Gasteiger partial charge is 0.142 e. The van der Waals surface area contributed by atoms with E-state index in [-0.39, 0.29) is 0 Å². The molecule has 0 aliphatic carbocycles. The number of nitrogens with two attached hydrogens (primary N) is 3. The number of rotatable bonds is 5. The molecular weight excluding hydrogens is 485 g/mol. The summed E-state index contributed by atoms with van der Waals surface area (Å²) < 4.78 is 15.7. The SMILES string of the molecule is CCOc1ccc(Cl)cc1N.COc1ccc(Cl)cc1N.Nc1cccc(Oc2ccccc2)c1. The third-order valence-electron chi connectivity index (χ3n) is 4.30. The maximum atomic E-state index is 5.68. The molecular formula is C27H29Cl2N3O3. The van der Waals surface area contributed by atoms with Gasteiger partial charge in [-0.05, 0) is 67.6 Å². The van der Waals surface area contributed by atoms with Gasteiger partial charge in [-0.3, -0.25) is 0 Å². The summed E-state index contributed by atoms with van der Waals surface area (Å²) in [7, 11) is 1.57. The van der Waals surface area contributed by atoms with E-state index in [1.165, 1.54) is 0 Å². The van der Waals surface area contributed by atoms with Crippen molar-refractivity contribution in [2.75, 3.05) is 30.9 Å². The molecule has 6 nitrogen and oxygen atoms in total. The number of para-hydroxylation sites is 1. The lowest BCUT2D eigenvalue weighted by atomic mass is 10.3. The number of halogens is 2. The van der Waals surface area contributed by atoms with Gasteiger partial charge in [0.05, 0.1) is 25.1 Å². The van der Waals surface area contributed by atoms with Crippen LogP contribution in [0, 0.1) is 0 Å². The van der Waals surface area contributed by atoms with Crippen molar-refractivity contribution in [3.63, 3.8) is 0 Å². The highest BCUT2D eigenvalue weighted by atomic mass is 35.5. The molecule has 184 valence electrons. The first-order valence-corrected chi connectivity index (χ1v) is 11.4. The zero-order valence-electron chi connectivity index (χ0n) is 19.6. The van der Waals surface area contributed by atoms with Gasteiger partial charge in [-0.15, -0.1) is 0 Å². The third kappa shape index (κ3) is 9.96. The molecule has 0 amide bonds. The maximum Gasteiger partial charge on any atom is 0.142 e. The second-order valence-electron chi connectivity index (χ2n) is 6.99. The minimum absolute atomic E-state index is 0.565. The van der Waals surface area contributed by atoms with E-state index in [4.69, 9.17) is 54.6 Å². The van der Waals surface area contributed by atoms with Crippen LogP contribution < -0.4 is 31.4 Å². The van der Waals surface area contributed by atoms with Gasteiger partial charge in [0.15, 0.2) is 0 Å². The molecule has 0 saturated carbocycles. The Morgan fingerprint density at radius 2 is 1.23 bits per heavy atom. The average Bonchev–Trinajstić information content (AvgIpc) is 2.83. The van der Waals surface area contributed by atoms with Crippen LogP contribution in [-0.4, -0.2) is 13.7 Å². The van der Waals surface area contributed by atoms with Crippen molar-refractivity contribution in [1.29, 1.82) is 0 Å². The van der Waals surface area contributed by atoms with Crippen LogP contribution in [0.5, 0.6) is 23.0 Å². The lowest BCUT2D eigenvalue weighted by Crippen LogP contribution is -1.95. The number of hydrogen-bond acceptors (Lipinski definition) is 6. The summed E-state index contributed by atoms with van der Waals surface area (Å²) in [4.78, 5) is 0. The number of ether oxygens (including phenoxy) is 3. The first-order chi connectivity index (χ1) is 16.8. The Kier molecular flexibility index (Phi) is 11.4. The van der Waals surface area contributed by atoms with E-state index in [0.29, 0.717) is 45.2 Å². The number of nitrogen functional groups attached to an aromatic ring is 3. The molecule has 35 heavy (non-hydrogen) atoms. The van der Waals surface area contributed by atoms with Crippen LogP contribution in [0.1, 0.15) is 6.92 Å². The summed E-state index contributed by atoms with van der Waals surface area (Å²) >= 11 is 11.3. The van der Waals surface area contributed by atoms with E-state index in [9.17, 15) is 0 Å². The molecule has 6 N–H and O–H groups in total. The zero-order valence-corrected chi connectivity index (χ0v) is 21.1. The Bertz CT molecular complexity index is 1190. The van der Waals surface area contributed by atoms with Gasteiger partial charge < -0.3 is 31.4 Å². The Balaban J connectivity index is 0.000000189. The van der Waals surface area contributed by atoms with Crippen LogP contribution in [0.3, 0.4) is 0 Å². The highest BCUT2D eigenvalue weighted by molar-refractivity contribution is 6.31. The molecule has 0 unspecified atom stereocenters. The van der Waals surface area contributed by atoms with Gasteiger partial charge in [-0.1, -0.05) is 47.5 Å². The van der Waals surface area contributed by atoms with Gasteiger partial charge in [0.2, 0.25) is 0 Å². The van der Waals surface area contributed by atoms with Crippen molar-refractivity contribution < 1.29 is 14.2 Å². The van der Waals surface area contributed by atoms with Crippen molar-refractivity contribution >= 4 is 40.3 Å². The second-order valence-corrected chi connectivity index (χ2v) is 7.86. The third-order valence-corrected chi connectivity index (χ3v) is 4.77. The maximum absolute atomic E-state index is 5.68. The Morgan fingerprint density at radius 1 is 0.657 bits per heavy atom. The van der Waals surface area contributed by atoms with Gasteiger partial charge in [0, 0.05) is 21.8 Å². The Morgan fingerprint density at radius 3 is 1.74 bits per heavy atom. The van der Waals surface area contributed by atoms with E-state index >= 15 is 0 Å². The molecule has 0 aliphatic rings. The van der Waals surface area contributed by atoms with Crippen LogP contribution in [-0.2, 0) is 0 Å². The van der Waals surface area contributed by atoms with Gasteiger partial charge in [0.25, 0.3) is 0 Å². The van der Waals surface area contributed by atoms with E-state index < -0.39 is 0 Å². The lowest BCUT2D eigenvalue weighted by Gasteiger charge is -2.05. The number of benzene rings is 4. The molecule has 0 atom stereocenters. The molecule has 4 aromatic carbocycles. The van der Waals surface area contributed by atoms with Gasteiger partial charge in [-0.25, -0.2) is 0 Å². The summed E-state index contributed by atoms with van der Waals surface area (Å²) in [6.45, 7) is 2.53. The average molecular weight is 514 g/mol. The Hall–Kier alpha value is -3.74. The van der Waals surface area contributed by atoms with Crippen LogP contribution >= 0.6 is 23.2 Å². The molecule has 0 fully saturated rings. The highest BCUT2D eigenvalue weighted by Crippen LogP contribution is 2.25. The molecule has 8 heteroatoms. The van der Waals surface area contributed by atoms with Crippen LogP contribution in [0.2, 0.25) is 10.0 Å². The Labute approximate surface area is 216 Å². The predicted molar refractivity (Wildman–Crippen MR) is 147 cm³/mol. The van der Waals surface area contributed by atoms with Crippen molar-refractivity contribution in [2.24, 2.45) is 0 Å². The van der Waals surface area contributed by atoms with Crippen molar-refractivity contribution in [3.05, 3.63) is 101 Å². The molecule has 0 aromatic heterocycles. The fourth-order valence-electron chi connectivity index (χ4n) is 2.71. The fourth-order valence-corrected chi connectivity index (χ4v) is 3.08. The first-order valence-electron chi connectivity index (χ1n) is 10.7. The standard InChI is InChI=1S/C12H11NO.C8H10ClNO.C7H8ClNO/c13-10-5-4-8-12(9-10)14-11-6-2-1-3-7-11;1-2-11-8-4-3-6(9)5-7(8)10;1-10-7-3-2-5(8)4-6(7)9/h1-9H,13H2;3-5H,2,10H2,1H3;2-4H,9H2,1H3. The normalized spacial score (nSPS) is 9.60. The van der Waals surface area contributed by atoms with Crippen molar-refractivity contribution in [3.8, 4) is 23.0 Å². The summed E-state index contributed by atoms with van der Waals surface area (Å²) in [5.74, 6) is 2.93. The molecule has 0 radical (unpaired) electrons. The number of methoxy groups -OCH3 is 1. The molecule has 0 bridgehead atoms. The van der Waals surface area contributed by atoms with Crippen LogP contribution in [0.15, 0.2) is 91.0 Å². The molecule has 4 aromatic rings. The minimum Gasteiger partial charge on any atom is -0.495 e. The van der Waals surface area contributed by atoms with Crippen molar-refractivity contribution in [1.82, 2.24) is 0 Å². The van der Waals surface area contributed by atoms with E-state index in [1.807, 2.05) is 55.5 Å². The molecule has 4 rings (SSSR count). The van der Waals surface area contributed by atoms with Gasteiger partial charge >= 0.3 is 0 Å². The molecule has 0 saturated heterocycles. The van der Waals surface area contributed by atoms with E-state index in [0.717, 1.165) is 11.5 Å². The summed E-state index contributed by atoms with van der Waals surface area (Å²) in [5, 5.41) is 1.25. The largest absolute Gasteiger partial charge is 0.495 e. The van der Waals surface area contributed by atoms with Gasteiger partial charge in [-0.2, -0.15) is 0 Å². The van der Waals surface area contributed by atoms with E-state index in [1.54, 1.807) is 49.6 Å². The summed E-state index contributed by atoms with van der Waals surface area (Å²) in [6.07, 6.45) is 0. The molecule has 0 spiro atoms. The molecule has 0 aliphatic heterocycles. The number of hydrogen-bond donors (Lipinski definition) is 3. The zero-order chi connectivity index (χ0) is 25.6. The van der Waals surface area contributed by atoms with E-state index in [2.05, 4.69) is 0 Å². The first kappa shape index (κ1) is 27.5. The molecule has 0 heterocycles. The minimum atomic E-state index is 0.565.